The van der Waals surface area contributed by atoms with Crippen molar-refractivity contribution < 1.29 is 9.53 Å². The maximum atomic E-state index is 12.9. The number of aromatic nitrogens is 2. The van der Waals surface area contributed by atoms with Gasteiger partial charge in [0.25, 0.3) is 5.56 Å². The Kier molecular flexibility index (Phi) is 6.11. The number of hydrogen-bond acceptors (Lipinski definition) is 5. The zero-order valence-electron chi connectivity index (χ0n) is 16.3. The summed E-state index contributed by atoms with van der Waals surface area (Å²) in [6.07, 6.45) is 0.197. The van der Waals surface area contributed by atoms with Crippen LogP contribution in [0.3, 0.4) is 0 Å². The third-order valence-electron chi connectivity index (χ3n) is 4.81. The minimum Gasteiger partial charge on any atom is -0.494 e. The number of H-pyrrole nitrogens is 1. The lowest BCUT2D eigenvalue weighted by molar-refractivity contribution is -0.116. The molecule has 0 spiro atoms. The fourth-order valence-electron chi connectivity index (χ4n) is 3.40. The first-order chi connectivity index (χ1) is 14.5. The second-order valence-corrected chi connectivity index (χ2v) is 8.26. The van der Waals surface area contributed by atoms with Gasteiger partial charge in [0.05, 0.1) is 12.2 Å². The first-order valence-corrected chi connectivity index (χ1v) is 10.9. The molecule has 6 nitrogen and oxygen atoms in total. The number of hydrogen-bond donors (Lipinski definition) is 2. The molecule has 1 unspecified atom stereocenters. The molecule has 0 fully saturated rings. The summed E-state index contributed by atoms with van der Waals surface area (Å²) >= 11 is 7.31. The van der Waals surface area contributed by atoms with Gasteiger partial charge in [-0.1, -0.05) is 47.6 Å². The molecule has 1 amide bonds. The molecule has 2 heterocycles. The molecule has 0 saturated heterocycles. The van der Waals surface area contributed by atoms with Gasteiger partial charge in [-0.05, 0) is 42.3 Å². The number of fused-ring (bicyclic) bond motifs is 1. The maximum Gasteiger partial charge on any atom is 0.257 e. The third kappa shape index (κ3) is 4.52. The Hall–Kier alpha value is -2.77. The van der Waals surface area contributed by atoms with Crippen molar-refractivity contribution in [1.82, 2.24) is 9.97 Å². The minimum atomic E-state index is -0.351. The molecule has 1 aliphatic heterocycles. The smallest absolute Gasteiger partial charge is 0.257 e. The van der Waals surface area contributed by atoms with Crippen molar-refractivity contribution in [3.63, 3.8) is 0 Å². The number of benzene rings is 2. The SMILES string of the molecule is CCOc1ccc(C2CC(=O)Nc3nc(SCc4ccc(Cl)cc4)[nH]c(=O)c32)cc1. The van der Waals surface area contributed by atoms with Crippen molar-refractivity contribution in [1.29, 1.82) is 0 Å². The van der Waals surface area contributed by atoms with Gasteiger partial charge in [0.1, 0.15) is 11.6 Å². The summed E-state index contributed by atoms with van der Waals surface area (Å²) in [6, 6.07) is 15.0. The molecular formula is C22H20ClN3O3S. The van der Waals surface area contributed by atoms with Crippen molar-refractivity contribution in [3.8, 4) is 5.75 Å². The van der Waals surface area contributed by atoms with Crippen LogP contribution in [-0.4, -0.2) is 22.5 Å². The molecule has 0 bridgehead atoms. The summed E-state index contributed by atoms with van der Waals surface area (Å²) < 4.78 is 5.48. The van der Waals surface area contributed by atoms with Gasteiger partial charge in [-0.25, -0.2) is 4.98 Å². The van der Waals surface area contributed by atoms with Crippen molar-refractivity contribution >= 4 is 35.1 Å². The van der Waals surface area contributed by atoms with E-state index in [-0.39, 0.29) is 23.8 Å². The van der Waals surface area contributed by atoms with Gasteiger partial charge in [0, 0.05) is 23.1 Å². The van der Waals surface area contributed by atoms with Crippen molar-refractivity contribution in [2.75, 3.05) is 11.9 Å². The van der Waals surface area contributed by atoms with E-state index in [1.165, 1.54) is 11.8 Å². The molecule has 1 aliphatic rings. The molecule has 0 saturated carbocycles. The molecule has 1 aromatic heterocycles. The second kappa shape index (κ2) is 8.93. The highest BCUT2D eigenvalue weighted by atomic mass is 35.5. The Morgan fingerprint density at radius 3 is 2.57 bits per heavy atom. The number of carbonyl (C=O) groups is 1. The van der Waals surface area contributed by atoms with Gasteiger partial charge in [0.15, 0.2) is 5.16 Å². The van der Waals surface area contributed by atoms with Crippen LogP contribution < -0.4 is 15.6 Å². The summed E-state index contributed by atoms with van der Waals surface area (Å²) in [6.45, 7) is 2.50. The molecule has 0 aliphatic carbocycles. The van der Waals surface area contributed by atoms with Crippen LogP contribution in [0.2, 0.25) is 5.02 Å². The monoisotopic (exact) mass is 441 g/mol. The Labute approximate surface area is 183 Å². The van der Waals surface area contributed by atoms with E-state index in [0.29, 0.717) is 33.9 Å². The number of nitrogens with one attached hydrogen (secondary N) is 2. The number of rotatable bonds is 6. The molecule has 4 rings (SSSR count). The van der Waals surface area contributed by atoms with E-state index < -0.39 is 0 Å². The van der Waals surface area contributed by atoms with Crippen molar-refractivity contribution in [2.24, 2.45) is 0 Å². The lowest BCUT2D eigenvalue weighted by Crippen LogP contribution is -2.31. The Morgan fingerprint density at radius 2 is 1.87 bits per heavy atom. The van der Waals surface area contributed by atoms with Gasteiger partial charge in [-0.15, -0.1) is 0 Å². The molecule has 3 aromatic rings. The largest absolute Gasteiger partial charge is 0.494 e. The quantitative estimate of drug-likeness (QED) is 0.431. The number of nitrogens with zero attached hydrogens (tertiary/aromatic N) is 1. The van der Waals surface area contributed by atoms with E-state index in [4.69, 9.17) is 16.3 Å². The fourth-order valence-corrected chi connectivity index (χ4v) is 4.34. The molecule has 2 N–H and O–H groups in total. The van der Waals surface area contributed by atoms with E-state index in [0.717, 1.165) is 16.9 Å². The molecule has 0 radical (unpaired) electrons. The average molecular weight is 442 g/mol. The summed E-state index contributed by atoms with van der Waals surface area (Å²) in [5, 5.41) is 3.89. The molecule has 154 valence electrons. The number of amides is 1. The average Bonchev–Trinajstić information content (AvgIpc) is 2.73. The van der Waals surface area contributed by atoms with E-state index in [2.05, 4.69) is 15.3 Å². The van der Waals surface area contributed by atoms with Gasteiger partial charge in [0.2, 0.25) is 5.91 Å². The van der Waals surface area contributed by atoms with E-state index >= 15 is 0 Å². The number of halogens is 1. The highest BCUT2D eigenvalue weighted by Crippen LogP contribution is 2.35. The number of anilines is 1. The number of aromatic amines is 1. The normalized spacial score (nSPS) is 15.4. The van der Waals surface area contributed by atoms with E-state index in [1.807, 2.05) is 55.5 Å². The number of carbonyl (C=O) groups excluding carboxylic acids is 1. The van der Waals surface area contributed by atoms with Crippen LogP contribution in [0, 0.1) is 0 Å². The van der Waals surface area contributed by atoms with E-state index in [9.17, 15) is 9.59 Å². The zero-order valence-corrected chi connectivity index (χ0v) is 17.8. The Balaban J connectivity index is 1.60. The fraction of sp³-hybridized carbons (Fsp3) is 0.227. The predicted octanol–water partition coefficient (Wildman–Crippen LogP) is 4.59. The number of thioether (sulfide) groups is 1. The standard InChI is InChI=1S/C22H20ClN3O3S/c1-2-29-16-9-5-14(6-10-16)17-11-18(27)24-20-19(17)21(28)26-22(25-20)30-12-13-3-7-15(23)8-4-13/h3-10,17H,2,11-12H2,1H3,(H2,24,25,26,27,28). The predicted molar refractivity (Wildman–Crippen MR) is 119 cm³/mol. The topological polar surface area (TPSA) is 84.1 Å². The maximum absolute atomic E-state index is 12.9. The van der Waals surface area contributed by atoms with Crippen molar-refractivity contribution in [3.05, 3.63) is 80.6 Å². The molecule has 1 atom stereocenters. The minimum absolute atomic E-state index is 0.159. The molecule has 30 heavy (non-hydrogen) atoms. The van der Waals surface area contributed by atoms with Gasteiger partial charge in [-0.3, -0.25) is 9.59 Å². The lowest BCUT2D eigenvalue weighted by atomic mass is 9.87. The summed E-state index contributed by atoms with van der Waals surface area (Å²) in [5.41, 5.74) is 2.18. The Morgan fingerprint density at radius 1 is 1.13 bits per heavy atom. The molecule has 8 heteroatoms. The first-order valence-electron chi connectivity index (χ1n) is 9.57. The van der Waals surface area contributed by atoms with Gasteiger partial charge >= 0.3 is 0 Å². The molecular weight excluding hydrogens is 422 g/mol. The van der Waals surface area contributed by atoms with Crippen molar-refractivity contribution in [2.45, 2.75) is 30.2 Å². The third-order valence-corrected chi connectivity index (χ3v) is 6.01. The van der Waals surface area contributed by atoms with E-state index in [1.54, 1.807) is 0 Å². The van der Waals surface area contributed by atoms with Gasteiger partial charge in [-0.2, -0.15) is 0 Å². The van der Waals surface area contributed by atoms with Gasteiger partial charge < -0.3 is 15.0 Å². The van der Waals surface area contributed by atoms with Crippen LogP contribution in [0.25, 0.3) is 0 Å². The summed E-state index contributed by atoms with van der Waals surface area (Å²) in [4.78, 5) is 32.6. The zero-order chi connectivity index (χ0) is 21.1. The van der Waals surface area contributed by atoms with Crippen LogP contribution in [-0.2, 0) is 10.5 Å². The van der Waals surface area contributed by atoms with Crippen LogP contribution in [0.1, 0.15) is 36.0 Å². The van der Waals surface area contributed by atoms with Crippen LogP contribution in [0.4, 0.5) is 5.82 Å². The highest BCUT2D eigenvalue weighted by Gasteiger charge is 2.31. The highest BCUT2D eigenvalue weighted by molar-refractivity contribution is 7.98. The van der Waals surface area contributed by atoms with Crippen LogP contribution >= 0.6 is 23.4 Å². The van der Waals surface area contributed by atoms with Crippen LogP contribution in [0.5, 0.6) is 5.75 Å². The molecule has 2 aromatic carbocycles. The van der Waals surface area contributed by atoms with Crippen LogP contribution in [0.15, 0.2) is 58.5 Å². The summed E-state index contributed by atoms with van der Waals surface area (Å²) in [5.74, 6) is 1.19. The second-order valence-electron chi connectivity index (χ2n) is 6.86. The first kappa shape index (κ1) is 20.5. The number of ether oxygens (including phenoxy) is 1. The summed E-state index contributed by atoms with van der Waals surface area (Å²) in [7, 11) is 0. The lowest BCUT2D eigenvalue weighted by Gasteiger charge is -2.24. The Bertz CT molecular complexity index is 1110.